The number of piperidine rings is 1. The summed E-state index contributed by atoms with van der Waals surface area (Å²) in [6.45, 7) is 2.60. The normalized spacial score (nSPS) is 18.9. The smallest absolute Gasteiger partial charge is 0.319 e. The third-order valence-electron chi connectivity index (χ3n) is 5.81. The van der Waals surface area contributed by atoms with Crippen LogP contribution in [0.2, 0.25) is 0 Å². The number of likely N-dealkylation sites (tertiary alicyclic amines) is 1. The number of rotatable bonds is 5. The number of nitrogens with one attached hydrogen (secondary N) is 2. The maximum Gasteiger partial charge on any atom is 0.319 e. The van der Waals surface area contributed by atoms with Gasteiger partial charge in [-0.2, -0.15) is 0 Å². The van der Waals surface area contributed by atoms with E-state index < -0.39 is 0 Å². The molecule has 29 heavy (non-hydrogen) atoms. The molecule has 1 unspecified atom stereocenters. The van der Waals surface area contributed by atoms with Gasteiger partial charge in [-0.05, 0) is 49.6 Å². The molecule has 152 valence electrons. The zero-order chi connectivity index (χ0) is 20.1. The zero-order valence-electron chi connectivity index (χ0n) is 16.6. The average molecular weight is 393 g/mol. The van der Waals surface area contributed by atoms with Gasteiger partial charge in [-0.3, -0.25) is 9.69 Å². The SMILES string of the molecule is O=C(NCC1CCCCN1CC(=O)N1CCc2ccccc21)Nc1ccccc1. The molecule has 1 atom stereocenters. The van der Waals surface area contributed by atoms with E-state index in [-0.39, 0.29) is 18.0 Å². The molecule has 0 spiro atoms. The van der Waals surface area contributed by atoms with Gasteiger partial charge in [0.2, 0.25) is 5.91 Å². The topological polar surface area (TPSA) is 64.7 Å². The van der Waals surface area contributed by atoms with Crippen molar-refractivity contribution in [3.05, 3.63) is 60.2 Å². The summed E-state index contributed by atoms with van der Waals surface area (Å²) in [7, 11) is 0. The van der Waals surface area contributed by atoms with Crippen LogP contribution in [0.4, 0.5) is 16.2 Å². The molecule has 3 amide bonds. The number of para-hydroxylation sites is 2. The van der Waals surface area contributed by atoms with Crippen molar-refractivity contribution >= 4 is 23.3 Å². The first kappa shape index (κ1) is 19.5. The molecule has 0 saturated carbocycles. The first-order valence-electron chi connectivity index (χ1n) is 10.4. The van der Waals surface area contributed by atoms with Crippen molar-refractivity contribution in [2.75, 3.05) is 36.4 Å². The highest BCUT2D eigenvalue weighted by Gasteiger charge is 2.29. The number of hydrogen-bond donors (Lipinski definition) is 2. The summed E-state index contributed by atoms with van der Waals surface area (Å²) >= 11 is 0. The summed E-state index contributed by atoms with van der Waals surface area (Å²) in [5, 5.41) is 5.82. The highest BCUT2D eigenvalue weighted by Crippen LogP contribution is 2.28. The van der Waals surface area contributed by atoms with Crippen molar-refractivity contribution in [3.8, 4) is 0 Å². The third kappa shape index (κ3) is 4.77. The quantitative estimate of drug-likeness (QED) is 0.821. The minimum Gasteiger partial charge on any atom is -0.336 e. The van der Waals surface area contributed by atoms with Gasteiger partial charge >= 0.3 is 6.03 Å². The van der Waals surface area contributed by atoms with Gasteiger partial charge in [0.15, 0.2) is 0 Å². The maximum atomic E-state index is 13.0. The van der Waals surface area contributed by atoms with Gasteiger partial charge in [0.25, 0.3) is 0 Å². The summed E-state index contributed by atoms with van der Waals surface area (Å²) in [6.07, 6.45) is 4.14. The van der Waals surface area contributed by atoms with Crippen LogP contribution >= 0.6 is 0 Å². The van der Waals surface area contributed by atoms with Crippen molar-refractivity contribution in [1.29, 1.82) is 0 Å². The molecule has 1 fully saturated rings. The van der Waals surface area contributed by atoms with Gasteiger partial charge in [0.1, 0.15) is 0 Å². The van der Waals surface area contributed by atoms with Crippen LogP contribution in [0.1, 0.15) is 24.8 Å². The van der Waals surface area contributed by atoms with Crippen LogP contribution < -0.4 is 15.5 Å². The van der Waals surface area contributed by atoms with Crippen LogP contribution in [-0.4, -0.2) is 49.1 Å². The second-order valence-electron chi connectivity index (χ2n) is 7.75. The molecule has 2 aromatic rings. The Bertz CT molecular complexity index is 855. The molecule has 2 heterocycles. The number of nitrogens with zero attached hydrogens (tertiary/aromatic N) is 2. The standard InChI is InChI=1S/C23H28N4O2/c28-22(27-15-13-18-8-4-5-12-21(18)27)17-26-14-7-6-11-20(26)16-24-23(29)25-19-9-2-1-3-10-19/h1-5,8-10,12,20H,6-7,11,13-17H2,(H2,24,25,29). The molecule has 0 aliphatic carbocycles. The van der Waals surface area contributed by atoms with E-state index in [1.165, 1.54) is 5.56 Å². The van der Waals surface area contributed by atoms with Crippen molar-refractivity contribution in [3.63, 3.8) is 0 Å². The van der Waals surface area contributed by atoms with Crippen molar-refractivity contribution in [1.82, 2.24) is 10.2 Å². The van der Waals surface area contributed by atoms with Crippen molar-refractivity contribution in [2.24, 2.45) is 0 Å². The fraction of sp³-hybridized carbons (Fsp3) is 0.391. The van der Waals surface area contributed by atoms with E-state index in [4.69, 9.17) is 0 Å². The van der Waals surface area contributed by atoms with Gasteiger partial charge in [-0.1, -0.05) is 42.8 Å². The molecule has 0 aromatic heterocycles. The summed E-state index contributed by atoms with van der Waals surface area (Å²) in [6, 6.07) is 17.5. The maximum absolute atomic E-state index is 13.0. The lowest BCUT2D eigenvalue weighted by molar-refractivity contribution is -0.120. The lowest BCUT2D eigenvalue weighted by atomic mass is 10.0. The first-order valence-corrected chi connectivity index (χ1v) is 10.4. The molecule has 0 radical (unpaired) electrons. The predicted octanol–water partition coefficient (Wildman–Crippen LogP) is 3.25. The molecule has 4 rings (SSSR count). The van der Waals surface area contributed by atoms with Gasteiger partial charge < -0.3 is 15.5 Å². The molecular weight excluding hydrogens is 364 g/mol. The summed E-state index contributed by atoms with van der Waals surface area (Å²) in [5.74, 6) is 0.149. The Hall–Kier alpha value is -2.86. The van der Waals surface area contributed by atoms with E-state index in [1.54, 1.807) is 0 Å². The minimum atomic E-state index is -0.207. The van der Waals surface area contributed by atoms with Crippen LogP contribution in [0.15, 0.2) is 54.6 Å². The molecule has 2 aliphatic heterocycles. The minimum absolute atomic E-state index is 0.149. The molecule has 2 aromatic carbocycles. The number of urea groups is 1. The Morgan fingerprint density at radius 3 is 2.62 bits per heavy atom. The van der Waals surface area contributed by atoms with Crippen LogP contribution in [0.25, 0.3) is 0 Å². The second-order valence-corrected chi connectivity index (χ2v) is 7.75. The molecular formula is C23H28N4O2. The average Bonchev–Trinajstić information content (AvgIpc) is 3.18. The number of hydrogen-bond acceptors (Lipinski definition) is 3. The van der Waals surface area contributed by atoms with E-state index in [1.807, 2.05) is 53.4 Å². The second kappa shape index (κ2) is 9.09. The van der Waals surface area contributed by atoms with E-state index in [0.29, 0.717) is 13.1 Å². The Morgan fingerprint density at radius 2 is 1.76 bits per heavy atom. The number of carbonyl (C=O) groups excluding carboxylic acids is 2. The largest absolute Gasteiger partial charge is 0.336 e. The van der Waals surface area contributed by atoms with Gasteiger partial charge in [0.05, 0.1) is 6.54 Å². The fourth-order valence-corrected chi connectivity index (χ4v) is 4.26. The molecule has 6 heteroatoms. The van der Waals surface area contributed by atoms with Crippen molar-refractivity contribution < 1.29 is 9.59 Å². The Labute approximate surface area is 171 Å². The first-order chi connectivity index (χ1) is 14.2. The summed E-state index contributed by atoms with van der Waals surface area (Å²) in [4.78, 5) is 29.3. The molecule has 1 saturated heterocycles. The fourth-order valence-electron chi connectivity index (χ4n) is 4.26. The molecule has 2 aliphatic rings. The van der Waals surface area contributed by atoms with Crippen molar-refractivity contribution in [2.45, 2.75) is 31.7 Å². The molecule has 2 N–H and O–H groups in total. The number of carbonyl (C=O) groups is 2. The van der Waals surface area contributed by atoms with E-state index in [0.717, 1.165) is 50.1 Å². The highest BCUT2D eigenvalue weighted by molar-refractivity contribution is 5.96. The van der Waals surface area contributed by atoms with Crippen LogP contribution in [0.3, 0.4) is 0 Å². The Balaban J connectivity index is 1.32. The highest BCUT2D eigenvalue weighted by atomic mass is 16.2. The Kier molecular flexibility index (Phi) is 6.10. The van der Waals surface area contributed by atoms with Gasteiger partial charge in [0, 0.05) is 30.5 Å². The third-order valence-corrected chi connectivity index (χ3v) is 5.81. The number of fused-ring (bicyclic) bond motifs is 1. The number of benzene rings is 2. The predicted molar refractivity (Wildman–Crippen MR) is 115 cm³/mol. The lowest BCUT2D eigenvalue weighted by Gasteiger charge is -2.36. The van der Waals surface area contributed by atoms with Crippen LogP contribution in [0.5, 0.6) is 0 Å². The summed E-state index contributed by atoms with van der Waals surface area (Å²) in [5.41, 5.74) is 3.06. The number of anilines is 2. The Morgan fingerprint density at radius 1 is 0.966 bits per heavy atom. The van der Waals surface area contributed by atoms with E-state index >= 15 is 0 Å². The van der Waals surface area contributed by atoms with E-state index in [2.05, 4.69) is 21.6 Å². The summed E-state index contributed by atoms with van der Waals surface area (Å²) < 4.78 is 0. The van der Waals surface area contributed by atoms with Gasteiger partial charge in [-0.25, -0.2) is 4.79 Å². The van der Waals surface area contributed by atoms with Crippen LogP contribution in [0, 0.1) is 0 Å². The molecule has 0 bridgehead atoms. The monoisotopic (exact) mass is 392 g/mol. The van der Waals surface area contributed by atoms with E-state index in [9.17, 15) is 9.59 Å². The van der Waals surface area contributed by atoms with Crippen LogP contribution in [-0.2, 0) is 11.2 Å². The zero-order valence-corrected chi connectivity index (χ0v) is 16.6. The molecule has 6 nitrogen and oxygen atoms in total. The number of amides is 3. The van der Waals surface area contributed by atoms with Gasteiger partial charge in [-0.15, -0.1) is 0 Å². The lowest BCUT2D eigenvalue weighted by Crippen LogP contribution is -2.51.